The topological polar surface area (TPSA) is 46.2 Å². The molecular weight excluding hydrogens is 416 g/mol. The first-order valence-electron chi connectivity index (χ1n) is 11.2. The summed E-state index contributed by atoms with van der Waals surface area (Å²) < 4.78 is 30.1. The van der Waals surface area contributed by atoms with E-state index >= 15 is 0 Å². The molecule has 5 heteroatoms. The molecule has 0 fully saturated rings. The molecule has 3 aliphatic heterocycles. The second kappa shape index (κ2) is 7.91. The Balaban J connectivity index is 1.72. The Bertz CT molecular complexity index is 1210. The third-order valence-electron chi connectivity index (χ3n) is 6.97. The van der Waals surface area contributed by atoms with E-state index in [9.17, 15) is 0 Å². The number of allylic oxidation sites excluding steroid dienone is 2. The van der Waals surface area contributed by atoms with Gasteiger partial charge in [-0.1, -0.05) is 18.7 Å². The maximum absolute atomic E-state index is 6.68. The van der Waals surface area contributed by atoms with Crippen LogP contribution in [0, 0.1) is 0 Å². The van der Waals surface area contributed by atoms with E-state index in [0.717, 1.165) is 57.1 Å². The normalized spacial score (nSPS) is 23.5. The Morgan fingerprint density at radius 3 is 2.36 bits per heavy atom. The largest absolute Gasteiger partial charge is 0.493 e. The molecule has 172 valence electrons. The average molecular weight is 447 g/mol. The molecule has 2 aromatic carbocycles. The molecule has 3 aliphatic rings. The number of fused-ring (bicyclic) bond motifs is 6. The Labute approximate surface area is 195 Å². The molecule has 0 saturated heterocycles. The fourth-order valence-corrected chi connectivity index (χ4v) is 5.06. The highest BCUT2D eigenvalue weighted by Crippen LogP contribution is 2.55. The molecule has 0 spiro atoms. The van der Waals surface area contributed by atoms with Gasteiger partial charge in [0, 0.05) is 29.2 Å². The van der Waals surface area contributed by atoms with Gasteiger partial charge >= 0.3 is 0 Å². The Hall–Kier alpha value is -3.34. The predicted octanol–water partition coefficient (Wildman–Crippen LogP) is 5.87. The average Bonchev–Trinajstić information content (AvgIpc) is 3.26. The van der Waals surface area contributed by atoms with Crippen molar-refractivity contribution < 1.29 is 23.7 Å². The first kappa shape index (κ1) is 21.5. The lowest BCUT2D eigenvalue weighted by atomic mass is 9.75. The highest BCUT2D eigenvalue weighted by atomic mass is 16.5. The minimum absolute atomic E-state index is 0.0185. The van der Waals surface area contributed by atoms with Crippen molar-refractivity contribution in [1.82, 2.24) is 0 Å². The number of methoxy groups -OCH3 is 2. The van der Waals surface area contributed by atoms with E-state index in [-0.39, 0.29) is 18.1 Å². The molecule has 3 atom stereocenters. The van der Waals surface area contributed by atoms with Crippen LogP contribution < -0.4 is 23.7 Å². The molecule has 3 heterocycles. The first-order valence-corrected chi connectivity index (χ1v) is 11.2. The van der Waals surface area contributed by atoms with Crippen molar-refractivity contribution in [3.05, 3.63) is 70.8 Å². The summed E-state index contributed by atoms with van der Waals surface area (Å²) in [5.41, 5.74) is 7.63. The van der Waals surface area contributed by atoms with Gasteiger partial charge in [0.25, 0.3) is 0 Å². The van der Waals surface area contributed by atoms with Gasteiger partial charge in [-0.3, -0.25) is 0 Å². The van der Waals surface area contributed by atoms with E-state index in [2.05, 4.69) is 39.1 Å². The lowest BCUT2D eigenvalue weighted by molar-refractivity contribution is 0.0938. The van der Waals surface area contributed by atoms with Crippen LogP contribution in [0.4, 0.5) is 0 Å². The number of benzene rings is 2. The van der Waals surface area contributed by atoms with E-state index in [1.165, 1.54) is 5.57 Å². The highest BCUT2D eigenvalue weighted by Gasteiger charge is 2.44. The lowest BCUT2D eigenvalue weighted by Crippen LogP contribution is -2.39. The fraction of sp³-hybridized carbons (Fsp3) is 0.357. The standard InChI is InChI=1S/C28H30O5/c1-14(2)16(5)26-17-8-9-20-19(11-21(32-20)15(3)4)28(17)33-25-13-31-22-12-24(30-7)23(29-6)10-18(22)27(25)26/h8-10,12,21,25,27H,1,3,11,13H2,2,4-7H3/b26-16+/t21-,25-,27+/m1/s1. The summed E-state index contributed by atoms with van der Waals surface area (Å²) in [7, 11) is 3.28. The highest BCUT2D eigenvalue weighted by molar-refractivity contribution is 5.85. The van der Waals surface area contributed by atoms with Crippen molar-refractivity contribution in [2.75, 3.05) is 20.8 Å². The predicted molar refractivity (Wildman–Crippen MR) is 129 cm³/mol. The van der Waals surface area contributed by atoms with E-state index in [0.29, 0.717) is 18.1 Å². The van der Waals surface area contributed by atoms with Gasteiger partial charge < -0.3 is 23.7 Å². The SMILES string of the molecule is C=C(C)/C(C)=C1\c2ccc3c(c2O[C@@H]2COc4cc(OC)c(OC)cc4[C@H]12)C[C@H](C(=C)C)O3. The van der Waals surface area contributed by atoms with Crippen LogP contribution >= 0.6 is 0 Å². The third kappa shape index (κ3) is 3.29. The zero-order valence-corrected chi connectivity index (χ0v) is 19.9. The molecule has 0 aliphatic carbocycles. The van der Waals surface area contributed by atoms with Crippen LogP contribution in [-0.4, -0.2) is 33.0 Å². The quantitative estimate of drug-likeness (QED) is 0.550. The summed E-state index contributed by atoms with van der Waals surface area (Å²) in [5, 5.41) is 0. The minimum atomic E-state index is -0.178. The van der Waals surface area contributed by atoms with Crippen LogP contribution in [0.15, 0.2) is 54.1 Å². The van der Waals surface area contributed by atoms with Crippen LogP contribution in [0.2, 0.25) is 0 Å². The second-order valence-corrected chi connectivity index (χ2v) is 9.08. The molecule has 0 aromatic heterocycles. The minimum Gasteiger partial charge on any atom is -0.493 e. The number of hydrogen-bond acceptors (Lipinski definition) is 5. The second-order valence-electron chi connectivity index (χ2n) is 9.08. The lowest BCUT2D eigenvalue weighted by Gasteiger charge is -2.41. The van der Waals surface area contributed by atoms with Gasteiger partial charge in [0.05, 0.1) is 20.1 Å². The molecule has 0 N–H and O–H groups in total. The van der Waals surface area contributed by atoms with Crippen LogP contribution in [-0.2, 0) is 6.42 Å². The molecule has 0 bridgehead atoms. The van der Waals surface area contributed by atoms with Crippen molar-refractivity contribution >= 4 is 5.57 Å². The van der Waals surface area contributed by atoms with Crippen LogP contribution in [0.25, 0.3) is 5.57 Å². The van der Waals surface area contributed by atoms with Crippen molar-refractivity contribution in [3.8, 4) is 28.7 Å². The van der Waals surface area contributed by atoms with Gasteiger partial charge in [-0.25, -0.2) is 0 Å². The molecular formula is C28H30O5. The van der Waals surface area contributed by atoms with Crippen molar-refractivity contribution in [2.45, 2.75) is 45.3 Å². The molecule has 5 rings (SSSR count). The molecule has 33 heavy (non-hydrogen) atoms. The summed E-state index contributed by atoms with van der Waals surface area (Å²) >= 11 is 0. The summed E-state index contributed by atoms with van der Waals surface area (Å²) in [6.07, 6.45) is 0.554. The zero-order valence-electron chi connectivity index (χ0n) is 19.9. The zero-order chi connectivity index (χ0) is 23.4. The maximum Gasteiger partial charge on any atom is 0.164 e. The molecule has 0 radical (unpaired) electrons. The first-order chi connectivity index (χ1) is 15.8. The Morgan fingerprint density at radius 1 is 0.970 bits per heavy atom. The van der Waals surface area contributed by atoms with Gasteiger partial charge in [-0.2, -0.15) is 0 Å². The molecule has 5 nitrogen and oxygen atoms in total. The molecule has 2 aromatic rings. The van der Waals surface area contributed by atoms with Crippen LogP contribution in [0.3, 0.4) is 0 Å². The number of hydrogen-bond donors (Lipinski definition) is 0. The van der Waals surface area contributed by atoms with E-state index in [4.69, 9.17) is 23.7 Å². The van der Waals surface area contributed by atoms with Gasteiger partial charge in [-0.05, 0) is 55.7 Å². The smallest absolute Gasteiger partial charge is 0.164 e. The molecule has 0 saturated carbocycles. The molecule has 0 amide bonds. The summed E-state index contributed by atoms with van der Waals surface area (Å²) in [5.74, 6) is 3.85. The van der Waals surface area contributed by atoms with Crippen LogP contribution in [0.5, 0.6) is 28.7 Å². The molecule has 0 unspecified atom stereocenters. The fourth-order valence-electron chi connectivity index (χ4n) is 5.06. The van der Waals surface area contributed by atoms with E-state index in [1.807, 2.05) is 19.1 Å². The monoisotopic (exact) mass is 446 g/mol. The number of rotatable bonds is 4. The third-order valence-corrected chi connectivity index (χ3v) is 6.97. The maximum atomic E-state index is 6.68. The van der Waals surface area contributed by atoms with E-state index < -0.39 is 0 Å². The van der Waals surface area contributed by atoms with Crippen molar-refractivity contribution in [2.24, 2.45) is 0 Å². The van der Waals surface area contributed by atoms with Gasteiger partial charge in [-0.15, -0.1) is 0 Å². The van der Waals surface area contributed by atoms with E-state index in [1.54, 1.807) is 14.2 Å². The van der Waals surface area contributed by atoms with Gasteiger partial charge in [0.15, 0.2) is 11.5 Å². The Morgan fingerprint density at radius 2 is 1.70 bits per heavy atom. The Kier molecular flexibility index (Phi) is 5.15. The summed E-state index contributed by atoms with van der Waals surface area (Å²) in [4.78, 5) is 0. The summed E-state index contributed by atoms with van der Waals surface area (Å²) in [6.45, 7) is 15.0. The van der Waals surface area contributed by atoms with Crippen molar-refractivity contribution in [1.29, 1.82) is 0 Å². The van der Waals surface area contributed by atoms with Crippen molar-refractivity contribution in [3.63, 3.8) is 0 Å². The van der Waals surface area contributed by atoms with Gasteiger partial charge in [0.1, 0.15) is 36.1 Å². The summed E-state index contributed by atoms with van der Waals surface area (Å²) in [6, 6.07) is 8.09. The van der Waals surface area contributed by atoms with Crippen LogP contribution in [0.1, 0.15) is 43.4 Å². The van der Waals surface area contributed by atoms with Gasteiger partial charge in [0.2, 0.25) is 0 Å². The number of ether oxygens (including phenoxy) is 5.